The van der Waals surface area contributed by atoms with Crippen LogP contribution in [-0.2, 0) is 9.73 Å². The van der Waals surface area contributed by atoms with E-state index in [9.17, 15) is 9.00 Å². The van der Waals surface area contributed by atoms with E-state index in [0.29, 0.717) is 28.6 Å². The van der Waals surface area contributed by atoms with Crippen molar-refractivity contribution in [3.8, 4) is 5.82 Å². The Morgan fingerprint density at radius 3 is 2.38 bits per heavy atom. The Hall–Kier alpha value is -3.73. The fourth-order valence-corrected chi connectivity index (χ4v) is 4.08. The summed E-state index contributed by atoms with van der Waals surface area (Å²) in [6.45, 7) is 3.82. The minimum absolute atomic E-state index is 0.166. The van der Waals surface area contributed by atoms with E-state index >= 15 is 0 Å². The van der Waals surface area contributed by atoms with Gasteiger partial charge in [0, 0.05) is 59.9 Å². The zero-order valence-corrected chi connectivity index (χ0v) is 20.9. The molecule has 1 aromatic carbocycles. The molecule has 0 saturated carbocycles. The second-order valence-corrected chi connectivity index (χ2v) is 11.2. The highest BCUT2D eigenvalue weighted by Crippen LogP contribution is 2.22. The first kappa shape index (κ1) is 23.4. The molecule has 0 aliphatic carbocycles. The molecule has 0 fully saturated rings. The van der Waals surface area contributed by atoms with Crippen LogP contribution in [0.2, 0.25) is 0 Å². The van der Waals surface area contributed by atoms with E-state index in [-0.39, 0.29) is 11.6 Å². The molecular formula is C23H28N8O2S. The zero-order chi connectivity index (χ0) is 24.6. The normalized spacial score (nSPS) is 11.7. The molecule has 3 aromatic heterocycles. The van der Waals surface area contributed by atoms with E-state index in [1.807, 2.05) is 57.1 Å². The fraction of sp³-hybridized carbons (Fsp3) is 0.304. The summed E-state index contributed by atoms with van der Waals surface area (Å²) in [5.41, 5.74) is 2.09. The van der Waals surface area contributed by atoms with Crippen molar-refractivity contribution >= 4 is 43.9 Å². The highest BCUT2D eigenvalue weighted by atomic mass is 32.2. The summed E-state index contributed by atoms with van der Waals surface area (Å²) in [6.07, 6.45) is 4.62. The van der Waals surface area contributed by atoms with Gasteiger partial charge in [0.2, 0.25) is 5.95 Å². The average molecular weight is 481 g/mol. The minimum atomic E-state index is -2.39. The van der Waals surface area contributed by atoms with E-state index in [4.69, 9.17) is 0 Å². The van der Waals surface area contributed by atoms with E-state index in [2.05, 4.69) is 24.6 Å². The van der Waals surface area contributed by atoms with Gasteiger partial charge in [-0.25, -0.2) is 23.5 Å². The number of benzene rings is 1. The molecule has 4 rings (SSSR count). The van der Waals surface area contributed by atoms with Gasteiger partial charge in [0.15, 0.2) is 17.3 Å². The van der Waals surface area contributed by atoms with Crippen LogP contribution < -0.4 is 15.8 Å². The van der Waals surface area contributed by atoms with Crippen LogP contribution in [0.5, 0.6) is 0 Å². The van der Waals surface area contributed by atoms with Gasteiger partial charge in [-0.2, -0.15) is 9.35 Å². The lowest BCUT2D eigenvalue weighted by Crippen LogP contribution is -2.24. The quantitative estimate of drug-likeness (QED) is 0.448. The zero-order valence-electron chi connectivity index (χ0n) is 20.1. The van der Waals surface area contributed by atoms with Gasteiger partial charge in [0.1, 0.15) is 5.39 Å². The molecular weight excluding hydrogens is 452 g/mol. The third-order valence-corrected chi connectivity index (χ3v) is 5.63. The molecule has 0 atom stereocenters. The van der Waals surface area contributed by atoms with E-state index in [1.54, 1.807) is 40.1 Å². The first-order valence-electron chi connectivity index (χ1n) is 10.7. The molecule has 3 heterocycles. The molecule has 0 saturated heterocycles. The number of hydrogen-bond acceptors (Lipinski definition) is 8. The van der Waals surface area contributed by atoms with Gasteiger partial charge < -0.3 is 10.2 Å². The predicted molar refractivity (Wildman–Crippen MR) is 137 cm³/mol. The van der Waals surface area contributed by atoms with Crippen LogP contribution in [-0.4, -0.2) is 55.1 Å². The molecule has 1 N–H and O–H groups in total. The monoisotopic (exact) mass is 480 g/mol. The summed E-state index contributed by atoms with van der Waals surface area (Å²) >= 11 is 0. The lowest BCUT2D eigenvalue weighted by molar-refractivity contribution is 0.472. The van der Waals surface area contributed by atoms with Crippen molar-refractivity contribution in [2.75, 3.05) is 36.8 Å². The van der Waals surface area contributed by atoms with E-state index in [1.165, 1.54) is 6.20 Å². The maximum atomic E-state index is 13.2. The van der Waals surface area contributed by atoms with Gasteiger partial charge >= 0.3 is 0 Å². The smallest absolute Gasteiger partial charge is 0.278 e. The van der Waals surface area contributed by atoms with Crippen LogP contribution in [0.4, 0.5) is 23.1 Å². The van der Waals surface area contributed by atoms with Gasteiger partial charge in [-0.3, -0.25) is 4.79 Å². The van der Waals surface area contributed by atoms with Crippen LogP contribution in [0.3, 0.4) is 0 Å². The second-order valence-electron chi connectivity index (χ2n) is 8.68. The molecule has 34 heavy (non-hydrogen) atoms. The fourth-order valence-electron chi connectivity index (χ4n) is 3.52. The lowest BCUT2D eigenvalue weighted by Gasteiger charge is -2.15. The topological polar surface area (TPSA) is 110 Å². The van der Waals surface area contributed by atoms with Crippen molar-refractivity contribution in [2.24, 2.45) is 4.36 Å². The standard InChI is InChI=1S/C23H28N8O2S/c1-15(2)30-22(32)18-14-24-23(25-16-10-12-17(13-11-16)29(3)4)27-21(18)31(30)20-9-7-8-19(26-20)28-34(5,6)33/h7-15H,1-6H3,(H,24,25,27). The Kier molecular flexibility index (Phi) is 6.13. The molecule has 0 amide bonds. The number of nitrogens with one attached hydrogen (secondary N) is 1. The Morgan fingerprint density at radius 2 is 1.76 bits per heavy atom. The van der Waals surface area contributed by atoms with Gasteiger partial charge in [-0.05, 0) is 50.2 Å². The van der Waals surface area contributed by atoms with Crippen molar-refractivity contribution in [1.29, 1.82) is 0 Å². The summed E-state index contributed by atoms with van der Waals surface area (Å²) in [5.74, 6) is 1.13. The van der Waals surface area contributed by atoms with Crippen LogP contribution in [0.25, 0.3) is 16.9 Å². The van der Waals surface area contributed by atoms with Crippen molar-refractivity contribution < 1.29 is 4.21 Å². The van der Waals surface area contributed by atoms with Gasteiger partial charge in [-0.1, -0.05) is 6.07 Å². The summed E-state index contributed by atoms with van der Waals surface area (Å²) in [6, 6.07) is 12.9. The summed E-state index contributed by atoms with van der Waals surface area (Å²) in [5, 5.41) is 3.58. The number of rotatable bonds is 6. The molecule has 10 nitrogen and oxygen atoms in total. The van der Waals surface area contributed by atoms with Crippen molar-refractivity contribution in [3.63, 3.8) is 0 Å². The number of anilines is 3. The number of nitrogens with zero attached hydrogens (tertiary/aromatic N) is 7. The third kappa shape index (κ3) is 4.79. The number of hydrogen-bond donors (Lipinski definition) is 1. The molecule has 0 radical (unpaired) electrons. The van der Waals surface area contributed by atoms with Gasteiger partial charge in [-0.15, -0.1) is 0 Å². The summed E-state index contributed by atoms with van der Waals surface area (Å²) in [4.78, 5) is 28.8. The molecule has 178 valence electrons. The maximum Gasteiger partial charge on any atom is 0.278 e. The first-order chi connectivity index (χ1) is 16.0. The molecule has 0 aliphatic heterocycles. The van der Waals surface area contributed by atoms with Crippen LogP contribution in [0, 0.1) is 0 Å². The Morgan fingerprint density at radius 1 is 1.06 bits per heavy atom. The molecule has 11 heteroatoms. The molecule has 4 aromatic rings. The number of aromatic nitrogens is 5. The van der Waals surface area contributed by atoms with Gasteiger partial charge in [0.25, 0.3) is 5.56 Å². The predicted octanol–water partition coefficient (Wildman–Crippen LogP) is 3.73. The maximum absolute atomic E-state index is 13.2. The summed E-state index contributed by atoms with van der Waals surface area (Å²) < 4.78 is 19.6. The Labute approximate surface area is 198 Å². The van der Waals surface area contributed by atoms with Crippen molar-refractivity contribution in [3.05, 3.63) is 59.0 Å². The second kappa shape index (κ2) is 8.90. The first-order valence-corrected chi connectivity index (χ1v) is 13.1. The van der Waals surface area contributed by atoms with Crippen LogP contribution in [0.15, 0.2) is 57.8 Å². The molecule has 0 unspecified atom stereocenters. The molecule has 0 bridgehead atoms. The third-order valence-electron chi connectivity index (χ3n) is 5.00. The summed E-state index contributed by atoms with van der Waals surface area (Å²) in [7, 11) is 1.57. The van der Waals surface area contributed by atoms with Crippen molar-refractivity contribution in [2.45, 2.75) is 19.9 Å². The van der Waals surface area contributed by atoms with Crippen LogP contribution >= 0.6 is 0 Å². The average Bonchev–Trinajstić information content (AvgIpc) is 3.05. The van der Waals surface area contributed by atoms with E-state index in [0.717, 1.165) is 11.4 Å². The highest BCUT2D eigenvalue weighted by molar-refractivity contribution is 7.92. The van der Waals surface area contributed by atoms with Crippen molar-refractivity contribution in [1.82, 2.24) is 24.3 Å². The highest BCUT2D eigenvalue weighted by Gasteiger charge is 2.20. The number of fused-ring (bicyclic) bond motifs is 1. The molecule has 0 spiro atoms. The Balaban J connectivity index is 1.86. The van der Waals surface area contributed by atoms with Gasteiger partial charge in [0.05, 0.1) is 0 Å². The lowest BCUT2D eigenvalue weighted by atomic mass is 10.2. The molecule has 0 aliphatic rings. The van der Waals surface area contributed by atoms with Crippen LogP contribution in [0.1, 0.15) is 19.9 Å². The SMILES string of the molecule is CC(C)n1c(=O)c2cnc(Nc3ccc(N(C)C)cc3)nc2n1-c1cccc(N=S(C)(C)=O)n1. The van der Waals surface area contributed by atoms with E-state index < -0.39 is 9.73 Å². The Bertz CT molecular complexity index is 1520. The minimum Gasteiger partial charge on any atom is -0.378 e. The largest absolute Gasteiger partial charge is 0.378 e. The number of pyridine rings is 1.